The van der Waals surface area contributed by atoms with Crippen molar-refractivity contribution in [3.63, 3.8) is 0 Å². The van der Waals surface area contributed by atoms with Gasteiger partial charge in [0, 0.05) is 0 Å². The minimum Gasteiger partial charge on any atom is -0.319 e. The van der Waals surface area contributed by atoms with Gasteiger partial charge in [0.25, 0.3) is 0 Å². The van der Waals surface area contributed by atoms with Gasteiger partial charge in [-0.15, -0.1) is 0 Å². The first kappa shape index (κ1) is 12.4. The van der Waals surface area contributed by atoms with E-state index in [2.05, 4.69) is 25.5 Å². The van der Waals surface area contributed by atoms with Crippen molar-refractivity contribution in [2.45, 2.75) is 32.6 Å². The van der Waals surface area contributed by atoms with Crippen molar-refractivity contribution in [2.24, 2.45) is 17.8 Å². The quantitative estimate of drug-likeness (QED) is 0.756. The normalized spacial score (nSPS) is 33.2. The van der Waals surface area contributed by atoms with E-state index in [1.54, 1.807) is 0 Å². The molecule has 3 atom stereocenters. The molecule has 0 aromatic carbocycles. The van der Waals surface area contributed by atoms with Crippen molar-refractivity contribution in [3.05, 3.63) is 0 Å². The molecule has 0 heterocycles. The Hall–Kier alpha value is 0.310. The van der Waals surface area contributed by atoms with E-state index in [0.29, 0.717) is 0 Å². The van der Waals surface area contributed by atoms with E-state index < -0.39 is 0 Å². The van der Waals surface area contributed by atoms with Gasteiger partial charge < -0.3 is 5.32 Å². The summed E-state index contributed by atoms with van der Waals surface area (Å²) in [7, 11) is 2.09. The van der Waals surface area contributed by atoms with Crippen molar-refractivity contribution < 1.29 is 0 Å². The number of nitrogens with one attached hydrogen (secondary N) is 1. The van der Waals surface area contributed by atoms with Crippen molar-refractivity contribution in [3.8, 4) is 0 Å². The first-order valence-corrected chi connectivity index (χ1v) is 7.30. The highest BCUT2D eigenvalue weighted by atomic mass is 32.2. The van der Waals surface area contributed by atoms with E-state index in [1.165, 1.54) is 38.0 Å². The summed E-state index contributed by atoms with van der Waals surface area (Å²) in [6.45, 7) is 3.65. The average Bonchev–Trinajstić information content (AvgIpc) is 2.18. The Morgan fingerprint density at radius 2 is 2.07 bits per heavy atom. The third-order valence-electron chi connectivity index (χ3n) is 3.56. The van der Waals surface area contributed by atoms with Crippen molar-refractivity contribution >= 4 is 11.8 Å². The van der Waals surface area contributed by atoms with Gasteiger partial charge in [-0.3, -0.25) is 0 Å². The summed E-state index contributed by atoms with van der Waals surface area (Å²) in [4.78, 5) is 0. The van der Waals surface area contributed by atoms with Gasteiger partial charge in [-0.2, -0.15) is 11.8 Å². The van der Waals surface area contributed by atoms with E-state index in [9.17, 15) is 0 Å². The molecule has 0 saturated heterocycles. The van der Waals surface area contributed by atoms with Crippen LogP contribution in [-0.4, -0.2) is 25.6 Å². The van der Waals surface area contributed by atoms with Crippen LogP contribution < -0.4 is 5.32 Å². The van der Waals surface area contributed by atoms with Crippen LogP contribution in [0.1, 0.15) is 32.6 Å². The Labute approximate surface area is 93.4 Å². The lowest BCUT2D eigenvalue weighted by atomic mass is 9.73. The Balaban J connectivity index is 2.37. The third-order valence-corrected chi connectivity index (χ3v) is 4.21. The predicted octanol–water partition coefficient (Wildman–Crippen LogP) is 3.01. The maximum Gasteiger partial charge on any atom is -0.00209 e. The Morgan fingerprint density at radius 3 is 2.71 bits per heavy atom. The van der Waals surface area contributed by atoms with Crippen molar-refractivity contribution in [1.82, 2.24) is 5.32 Å². The number of thioether (sulfide) groups is 1. The molecule has 0 aromatic rings. The van der Waals surface area contributed by atoms with Gasteiger partial charge in [-0.25, -0.2) is 0 Å². The van der Waals surface area contributed by atoms with Crippen LogP contribution in [0.2, 0.25) is 0 Å². The van der Waals surface area contributed by atoms with Gasteiger partial charge in [0.2, 0.25) is 0 Å². The second-order valence-corrected chi connectivity index (χ2v) is 5.76. The van der Waals surface area contributed by atoms with E-state index in [-0.39, 0.29) is 0 Å². The highest BCUT2D eigenvalue weighted by molar-refractivity contribution is 7.98. The Morgan fingerprint density at radius 1 is 1.29 bits per heavy atom. The summed E-state index contributed by atoms with van der Waals surface area (Å²) in [6.07, 6.45) is 8.01. The zero-order chi connectivity index (χ0) is 10.4. The van der Waals surface area contributed by atoms with Crippen LogP contribution in [0, 0.1) is 17.8 Å². The highest BCUT2D eigenvalue weighted by Gasteiger charge is 2.27. The Kier molecular flexibility index (Phi) is 5.95. The number of hydrogen-bond acceptors (Lipinski definition) is 2. The number of hydrogen-bond donors (Lipinski definition) is 1. The first-order valence-electron chi connectivity index (χ1n) is 5.91. The van der Waals surface area contributed by atoms with Gasteiger partial charge >= 0.3 is 0 Å². The monoisotopic (exact) mass is 215 g/mol. The molecule has 1 nitrogen and oxygen atoms in total. The maximum atomic E-state index is 3.35. The molecule has 1 saturated carbocycles. The highest BCUT2D eigenvalue weighted by Crippen LogP contribution is 2.35. The van der Waals surface area contributed by atoms with Crippen LogP contribution >= 0.6 is 11.8 Å². The minimum atomic E-state index is 0.948. The van der Waals surface area contributed by atoms with E-state index in [4.69, 9.17) is 0 Å². The maximum absolute atomic E-state index is 3.35. The summed E-state index contributed by atoms with van der Waals surface area (Å²) in [5.41, 5.74) is 0. The van der Waals surface area contributed by atoms with Crippen molar-refractivity contribution in [1.29, 1.82) is 0 Å². The van der Waals surface area contributed by atoms with Gasteiger partial charge in [0.1, 0.15) is 0 Å². The summed E-state index contributed by atoms with van der Waals surface area (Å²) in [5.74, 6) is 4.24. The van der Waals surface area contributed by atoms with Crippen LogP contribution in [0.15, 0.2) is 0 Å². The van der Waals surface area contributed by atoms with Crippen LogP contribution in [0.5, 0.6) is 0 Å². The molecule has 0 bridgehead atoms. The van der Waals surface area contributed by atoms with Gasteiger partial charge in [-0.1, -0.05) is 13.3 Å². The molecule has 0 spiro atoms. The molecule has 1 rings (SSSR count). The van der Waals surface area contributed by atoms with Crippen LogP contribution in [-0.2, 0) is 0 Å². The zero-order valence-corrected chi connectivity index (χ0v) is 10.7. The summed E-state index contributed by atoms with van der Waals surface area (Å²) < 4.78 is 0. The van der Waals surface area contributed by atoms with E-state index in [0.717, 1.165) is 17.8 Å². The van der Waals surface area contributed by atoms with E-state index >= 15 is 0 Å². The number of rotatable bonds is 5. The molecule has 0 amide bonds. The molecule has 0 aromatic heterocycles. The van der Waals surface area contributed by atoms with Gasteiger partial charge in [0.05, 0.1) is 0 Å². The fourth-order valence-electron chi connectivity index (χ4n) is 2.72. The second kappa shape index (κ2) is 6.73. The molecule has 1 fully saturated rings. The van der Waals surface area contributed by atoms with Gasteiger partial charge in [0.15, 0.2) is 0 Å². The first-order chi connectivity index (χ1) is 6.77. The standard InChI is InChI=1S/C12H25NS/c1-10-4-5-12(9-13-2)11(8-10)6-7-14-3/h10-13H,4-9H2,1-3H3. The SMILES string of the molecule is CNCC1CCC(C)CC1CCSC. The smallest absolute Gasteiger partial charge is 0.00209 e. The lowest BCUT2D eigenvalue weighted by Crippen LogP contribution is -2.31. The van der Waals surface area contributed by atoms with Crippen LogP contribution in [0.3, 0.4) is 0 Å². The van der Waals surface area contributed by atoms with E-state index in [1.807, 2.05) is 11.8 Å². The summed E-state index contributed by atoms with van der Waals surface area (Å²) in [5, 5.41) is 3.35. The largest absolute Gasteiger partial charge is 0.319 e. The van der Waals surface area contributed by atoms with Crippen LogP contribution in [0.25, 0.3) is 0 Å². The molecule has 1 aliphatic rings. The molecule has 14 heavy (non-hydrogen) atoms. The Bertz CT molecular complexity index is 149. The second-order valence-electron chi connectivity index (χ2n) is 4.78. The van der Waals surface area contributed by atoms with Crippen LogP contribution in [0.4, 0.5) is 0 Å². The third kappa shape index (κ3) is 3.82. The summed E-state index contributed by atoms with van der Waals surface area (Å²) >= 11 is 2.00. The molecule has 3 unspecified atom stereocenters. The zero-order valence-electron chi connectivity index (χ0n) is 9.88. The fraction of sp³-hybridized carbons (Fsp3) is 1.00. The fourth-order valence-corrected chi connectivity index (χ4v) is 3.25. The molecule has 1 N–H and O–H groups in total. The molecule has 0 radical (unpaired) electrons. The minimum absolute atomic E-state index is 0.948. The van der Waals surface area contributed by atoms with Gasteiger partial charge in [-0.05, 0) is 62.6 Å². The lowest BCUT2D eigenvalue weighted by molar-refractivity contribution is 0.183. The predicted molar refractivity (Wildman–Crippen MR) is 66.9 cm³/mol. The summed E-state index contributed by atoms with van der Waals surface area (Å²) in [6, 6.07) is 0. The molecule has 0 aliphatic heterocycles. The average molecular weight is 215 g/mol. The lowest BCUT2D eigenvalue weighted by Gasteiger charge is -2.35. The molecular weight excluding hydrogens is 190 g/mol. The molecule has 1 aliphatic carbocycles. The molecular formula is C12H25NS. The molecule has 84 valence electrons. The molecule has 2 heteroatoms. The van der Waals surface area contributed by atoms with Crippen molar-refractivity contribution in [2.75, 3.05) is 25.6 Å². The topological polar surface area (TPSA) is 12.0 Å².